The van der Waals surface area contributed by atoms with Crippen LogP contribution in [-0.2, 0) is 0 Å². The van der Waals surface area contributed by atoms with Gasteiger partial charge in [-0.1, -0.05) is 12.1 Å². The summed E-state index contributed by atoms with van der Waals surface area (Å²) in [4.78, 5) is 0. The standard InChI is InChI=1S/C17H12ClF3O2/c18-8-11-9-22-15-6-5-13(23-17(20)21)7-14(15)16(11)10-1-3-12(19)4-2-10/h1-7,17H,8-9H2. The molecule has 0 fully saturated rings. The minimum atomic E-state index is -2.91. The summed E-state index contributed by atoms with van der Waals surface area (Å²) >= 11 is 5.98. The van der Waals surface area contributed by atoms with Gasteiger partial charge >= 0.3 is 6.61 Å². The first-order valence-corrected chi connectivity index (χ1v) is 7.38. The van der Waals surface area contributed by atoms with E-state index in [1.807, 2.05) is 0 Å². The summed E-state index contributed by atoms with van der Waals surface area (Å²) in [7, 11) is 0. The zero-order valence-electron chi connectivity index (χ0n) is 11.9. The Balaban J connectivity index is 2.12. The highest BCUT2D eigenvalue weighted by atomic mass is 35.5. The lowest BCUT2D eigenvalue weighted by Crippen LogP contribution is -2.14. The quantitative estimate of drug-likeness (QED) is 0.740. The third-order valence-corrected chi connectivity index (χ3v) is 3.82. The Kier molecular flexibility index (Phi) is 4.48. The van der Waals surface area contributed by atoms with Gasteiger partial charge in [0.2, 0.25) is 0 Å². The lowest BCUT2D eigenvalue weighted by Gasteiger charge is -2.24. The number of hydrogen-bond acceptors (Lipinski definition) is 2. The molecule has 0 saturated heterocycles. The van der Waals surface area contributed by atoms with E-state index in [9.17, 15) is 13.2 Å². The highest BCUT2D eigenvalue weighted by Crippen LogP contribution is 2.40. The van der Waals surface area contributed by atoms with Gasteiger partial charge in [0.25, 0.3) is 0 Å². The second kappa shape index (κ2) is 6.54. The molecule has 0 saturated carbocycles. The molecule has 2 nitrogen and oxygen atoms in total. The molecule has 0 bridgehead atoms. The van der Waals surface area contributed by atoms with Gasteiger partial charge in [0.15, 0.2) is 0 Å². The lowest BCUT2D eigenvalue weighted by molar-refractivity contribution is -0.0498. The molecule has 0 spiro atoms. The third kappa shape index (κ3) is 3.29. The van der Waals surface area contributed by atoms with E-state index >= 15 is 0 Å². The number of alkyl halides is 3. The number of hydrogen-bond donors (Lipinski definition) is 0. The SMILES string of the molecule is Fc1ccc(C2=C(CCl)COc3ccc(OC(F)F)cc32)cc1. The van der Waals surface area contributed by atoms with E-state index in [1.54, 1.807) is 18.2 Å². The van der Waals surface area contributed by atoms with Crippen LogP contribution in [0.1, 0.15) is 11.1 Å². The Hall–Kier alpha value is -2.14. The molecule has 6 heteroatoms. The molecule has 3 rings (SSSR count). The molecular weight excluding hydrogens is 329 g/mol. The summed E-state index contributed by atoms with van der Waals surface area (Å²) in [6.45, 7) is -2.62. The summed E-state index contributed by atoms with van der Waals surface area (Å²) in [6.07, 6.45) is 0. The molecule has 23 heavy (non-hydrogen) atoms. The van der Waals surface area contributed by atoms with Crippen molar-refractivity contribution in [1.29, 1.82) is 0 Å². The Morgan fingerprint density at radius 1 is 1.13 bits per heavy atom. The Labute approximate surface area is 136 Å². The Morgan fingerprint density at radius 3 is 2.52 bits per heavy atom. The van der Waals surface area contributed by atoms with Crippen LogP contribution in [-0.4, -0.2) is 19.1 Å². The fourth-order valence-corrected chi connectivity index (χ4v) is 2.73. The minimum Gasteiger partial charge on any atom is -0.489 e. The van der Waals surface area contributed by atoms with Crippen molar-refractivity contribution in [2.75, 3.05) is 12.5 Å². The first-order chi connectivity index (χ1) is 11.1. The van der Waals surface area contributed by atoms with E-state index in [4.69, 9.17) is 16.3 Å². The van der Waals surface area contributed by atoms with Gasteiger partial charge in [-0.3, -0.25) is 0 Å². The molecule has 0 atom stereocenters. The first-order valence-electron chi connectivity index (χ1n) is 6.84. The van der Waals surface area contributed by atoms with E-state index in [0.717, 1.165) is 16.7 Å². The molecule has 120 valence electrons. The fraction of sp³-hybridized carbons (Fsp3) is 0.176. The second-order valence-corrected chi connectivity index (χ2v) is 5.21. The summed E-state index contributed by atoms with van der Waals surface area (Å²) in [5.74, 6) is 0.424. The predicted molar refractivity (Wildman–Crippen MR) is 81.7 cm³/mol. The van der Waals surface area contributed by atoms with Gasteiger partial charge in [-0.05, 0) is 47.0 Å². The first kappa shape index (κ1) is 15.7. The summed E-state index contributed by atoms with van der Waals surface area (Å²) < 4.78 is 48.1. The Bertz CT molecular complexity index is 742. The van der Waals surface area contributed by atoms with Crippen molar-refractivity contribution in [2.45, 2.75) is 6.61 Å². The van der Waals surface area contributed by atoms with Crippen LogP contribution >= 0.6 is 11.6 Å². The molecule has 1 heterocycles. The smallest absolute Gasteiger partial charge is 0.387 e. The fourth-order valence-electron chi connectivity index (χ4n) is 2.52. The Morgan fingerprint density at radius 2 is 1.87 bits per heavy atom. The zero-order chi connectivity index (χ0) is 16.4. The van der Waals surface area contributed by atoms with Crippen molar-refractivity contribution in [3.63, 3.8) is 0 Å². The van der Waals surface area contributed by atoms with Crippen LogP contribution in [0.15, 0.2) is 48.0 Å². The maximum absolute atomic E-state index is 13.2. The summed E-state index contributed by atoms with van der Waals surface area (Å²) in [5, 5.41) is 0. The van der Waals surface area contributed by atoms with Crippen molar-refractivity contribution in [3.8, 4) is 11.5 Å². The number of halogens is 4. The van der Waals surface area contributed by atoms with Gasteiger partial charge < -0.3 is 9.47 Å². The highest BCUT2D eigenvalue weighted by molar-refractivity contribution is 6.20. The molecule has 0 aromatic heterocycles. The minimum absolute atomic E-state index is 0.0257. The zero-order valence-corrected chi connectivity index (χ0v) is 12.6. The molecule has 0 aliphatic carbocycles. The number of rotatable bonds is 4. The summed E-state index contributed by atoms with van der Waals surface area (Å²) in [6, 6.07) is 10.4. The van der Waals surface area contributed by atoms with E-state index in [1.165, 1.54) is 24.3 Å². The predicted octanol–water partition coefficient (Wildman–Crippen LogP) is 4.86. The molecule has 1 aliphatic rings. The highest BCUT2D eigenvalue weighted by Gasteiger charge is 2.22. The molecule has 0 N–H and O–H groups in total. The maximum Gasteiger partial charge on any atom is 0.387 e. The monoisotopic (exact) mass is 340 g/mol. The van der Waals surface area contributed by atoms with Crippen molar-refractivity contribution in [3.05, 3.63) is 65.0 Å². The molecule has 2 aromatic carbocycles. The van der Waals surface area contributed by atoms with E-state index in [2.05, 4.69) is 4.74 Å². The molecule has 2 aromatic rings. The average molecular weight is 341 g/mol. The van der Waals surface area contributed by atoms with Gasteiger partial charge in [-0.25, -0.2) is 4.39 Å². The molecular formula is C17H12ClF3O2. The van der Waals surface area contributed by atoms with E-state index in [0.29, 0.717) is 11.3 Å². The average Bonchev–Trinajstić information content (AvgIpc) is 2.54. The second-order valence-electron chi connectivity index (χ2n) is 4.94. The third-order valence-electron chi connectivity index (χ3n) is 3.50. The number of benzene rings is 2. The topological polar surface area (TPSA) is 18.5 Å². The number of fused-ring (bicyclic) bond motifs is 1. The van der Waals surface area contributed by atoms with Gasteiger partial charge in [-0.2, -0.15) is 8.78 Å². The van der Waals surface area contributed by atoms with Crippen LogP contribution < -0.4 is 9.47 Å². The largest absolute Gasteiger partial charge is 0.489 e. The van der Waals surface area contributed by atoms with Gasteiger partial charge in [0, 0.05) is 11.4 Å². The maximum atomic E-state index is 13.2. The van der Waals surface area contributed by atoms with Gasteiger partial charge in [0.05, 0.1) is 0 Å². The van der Waals surface area contributed by atoms with E-state index < -0.39 is 6.61 Å². The van der Waals surface area contributed by atoms with Crippen molar-refractivity contribution >= 4 is 17.2 Å². The molecule has 0 amide bonds. The molecule has 1 aliphatic heterocycles. The van der Waals surface area contributed by atoms with Crippen LogP contribution in [0.4, 0.5) is 13.2 Å². The molecule has 0 unspecified atom stereocenters. The normalized spacial score (nSPS) is 13.8. The van der Waals surface area contributed by atoms with Crippen LogP contribution in [0.3, 0.4) is 0 Å². The van der Waals surface area contributed by atoms with Gasteiger partial charge in [0.1, 0.15) is 23.9 Å². The van der Waals surface area contributed by atoms with Crippen molar-refractivity contribution in [1.82, 2.24) is 0 Å². The summed E-state index contributed by atoms with van der Waals surface area (Å²) in [5.41, 5.74) is 2.87. The van der Waals surface area contributed by atoms with Crippen molar-refractivity contribution < 1.29 is 22.6 Å². The number of ether oxygens (including phenoxy) is 2. The van der Waals surface area contributed by atoms with Crippen LogP contribution in [0.2, 0.25) is 0 Å². The van der Waals surface area contributed by atoms with Crippen LogP contribution in [0.25, 0.3) is 5.57 Å². The lowest BCUT2D eigenvalue weighted by atomic mass is 9.91. The van der Waals surface area contributed by atoms with Crippen LogP contribution in [0.5, 0.6) is 11.5 Å². The van der Waals surface area contributed by atoms with E-state index in [-0.39, 0.29) is 24.1 Å². The van der Waals surface area contributed by atoms with Crippen LogP contribution in [0, 0.1) is 5.82 Å². The molecule has 0 radical (unpaired) electrons. The van der Waals surface area contributed by atoms with Gasteiger partial charge in [-0.15, -0.1) is 11.6 Å². The van der Waals surface area contributed by atoms with Crippen molar-refractivity contribution in [2.24, 2.45) is 0 Å².